The molecule has 0 aromatic heterocycles. The minimum Gasteiger partial charge on any atom is -0.355 e. The van der Waals surface area contributed by atoms with Crippen LogP contribution >= 0.6 is 11.6 Å². The smallest absolute Gasteiger partial charge is 0.191 e. The monoisotopic (exact) mass is 422 g/mol. The summed E-state index contributed by atoms with van der Waals surface area (Å²) in [6, 6.07) is 8.35. The highest BCUT2D eigenvalue weighted by atomic mass is 35.5. The molecule has 6 nitrogen and oxygen atoms in total. The molecular formula is C22H39ClN6. The van der Waals surface area contributed by atoms with Crippen LogP contribution in [0.5, 0.6) is 0 Å². The highest BCUT2D eigenvalue weighted by Crippen LogP contribution is 2.26. The third kappa shape index (κ3) is 7.45. The summed E-state index contributed by atoms with van der Waals surface area (Å²) < 4.78 is 0. The van der Waals surface area contributed by atoms with Crippen molar-refractivity contribution in [3.8, 4) is 0 Å². The zero-order chi connectivity index (χ0) is 21.1. The minimum absolute atomic E-state index is 0.208. The fraction of sp³-hybridized carbons (Fsp3) is 0.682. The third-order valence-corrected chi connectivity index (χ3v) is 6.18. The number of hydrogen-bond donors (Lipinski definition) is 2. The van der Waals surface area contributed by atoms with Crippen LogP contribution in [0.1, 0.15) is 32.4 Å². The quantitative estimate of drug-likeness (QED) is 0.448. The Hall–Kier alpha value is -1.34. The summed E-state index contributed by atoms with van der Waals surface area (Å²) in [6.45, 7) is 17.1. The average molecular weight is 423 g/mol. The topological polar surface area (TPSA) is 46.1 Å². The number of benzene rings is 1. The van der Waals surface area contributed by atoms with Gasteiger partial charge in [0, 0.05) is 57.9 Å². The van der Waals surface area contributed by atoms with Crippen molar-refractivity contribution in [1.29, 1.82) is 0 Å². The normalized spacial score (nSPS) is 17.5. The largest absolute Gasteiger partial charge is 0.355 e. The SMILES string of the molecule is CCN1CCN(CCNC(=NC)NCC(c2ccccc2Cl)N(CC)CC)CC1. The first kappa shape index (κ1) is 23.9. The Bertz CT molecular complexity index is 611. The molecule has 7 heteroatoms. The van der Waals surface area contributed by atoms with Crippen molar-refractivity contribution in [2.24, 2.45) is 4.99 Å². The second-order valence-electron chi connectivity index (χ2n) is 7.41. The fourth-order valence-corrected chi connectivity index (χ4v) is 4.18. The maximum absolute atomic E-state index is 6.51. The van der Waals surface area contributed by atoms with E-state index in [9.17, 15) is 0 Å². The van der Waals surface area contributed by atoms with Crippen molar-refractivity contribution in [2.45, 2.75) is 26.8 Å². The van der Waals surface area contributed by atoms with E-state index in [0.717, 1.165) is 68.9 Å². The minimum atomic E-state index is 0.208. The number of nitrogens with zero attached hydrogens (tertiary/aromatic N) is 4. The van der Waals surface area contributed by atoms with Gasteiger partial charge in [0.05, 0.1) is 6.04 Å². The highest BCUT2D eigenvalue weighted by molar-refractivity contribution is 6.31. The van der Waals surface area contributed by atoms with Gasteiger partial charge in [-0.1, -0.05) is 50.6 Å². The van der Waals surface area contributed by atoms with E-state index >= 15 is 0 Å². The molecule has 29 heavy (non-hydrogen) atoms. The predicted octanol–water partition coefficient (Wildman–Crippen LogP) is 2.53. The van der Waals surface area contributed by atoms with E-state index < -0.39 is 0 Å². The van der Waals surface area contributed by atoms with Gasteiger partial charge < -0.3 is 15.5 Å². The number of likely N-dealkylation sites (N-methyl/N-ethyl adjacent to an activating group) is 2. The van der Waals surface area contributed by atoms with Gasteiger partial charge in [-0.05, 0) is 31.3 Å². The highest BCUT2D eigenvalue weighted by Gasteiger charge is 2.21. The van der Waals surface area contributed by atoms with Crippen LogP contribution in [0.25, 0.3) is 0 Å². The van der Waals surface area contributed by atoms with Gasteiger partial charge >= 0.3 is 0 Å². The summed E-state index contributed by atoms with van der Waals surface area (Å²) in [5.41, 5.74) is 1.16. The molecule has 2 rings (SSSR count). The van der Waals surface area contributed by atoms with Gasteiger partial charge in [0.1, 0.15) is 0 Å². The van der Waals surface area contributed by atoms with E-state index in [-0.39, 0.29) is 6.04 Å². The van der Waals surface area contributed by atoms with Crippen LogP contribution in [-0.2, 0) is 0 Å². The molecule has 1 saturated heterocycles. The second kappa shape index (κ2) is 13.1. The summed E-state index contributed by atoms with van der Waals surface area (Å²) >= 11 is 6.51. The molecule has 0 radical (unpaired) electrons. The summed E-state index contributed by atoms with van der Waals surface area (Å²) in [5.74, 6) is 0.849. The molecule has 1 unspecified atom stereocenters. The summed E-state index contributed by atoms with van der Waals surface area (Å²) in [6.07, 6.45) is 0. The molecule has 1 aromatic rings. The van der Waals surface area contributed by atoms with Crippen LogP contribution in [0.15, 0.2) is 29.3 Å². The van der Waals surface area contributed by atoms with E-state index in [2.05, 4.69) is 63.2 Å². The molecule has 1 atom stereocenters. The lowest BCUT2D eigenvalue weighted by molar-refractivity contribution is 0.139. The lowest BCUT2D eigenvalue weighted by Crippen LogP contribution is -2.49. The van der Waals surface area contributed by atoms with Crippen molar-refractivity contribution in [2.75, 3.05) is 72.5 Å². The molecule has 1 aromatic carbocycles. The van der Waals surface area contributed by atoms with E-state index in [1.54, 1.807) is 0 Å². The van der Waals surface area contributed by atoms with Gasteiger partial charge in [-0.25, -0.2) is 0 Å². The van der Waals surface area contributed by atoms with Gasteiger partial charge in [0.2, 0.25) is 0 Å². The Balaban J connectivity index is 1.86. The first-order valence-corrected chi connectivity index (χ1v) is 11.4. The molecule has 2 N–H and O–H groups in total. The summed E-state index contributed by atoms with van der Waals surface area (Å²) in [5, 5.41) is 7.80. The maximum Gasteiger partial charge on any atom is 0.191 e. The van der Waals surface area contributed by atoms with Crippen LogP contribution in [0.3, 0.4) is 0 Å². The Morgan fingerprint density at radius 3 is 2.31 bits per heavy atom. The zero-order valence-corrected chi connectivity index (χ0v) is 19.4. The fourth-order valence-electron chi connectivity index (χ4n) is 3.92. The lowest BCUT2D eigenvalue weighted by atomic mass is 10.0. The maximum atomic E-state index is 6.51. The van der Waals surface area contributed by atoms with Crippen LogP contribution in [0.2, 0.25) is 5.02 Å². The number of aliphatic imine (C=N–C) groups is 1. The number of piperazine rings is 1. The molecule has 0 bridgehead atoms. The molecule has 0 aliphatic carbocycles. The Kier molecular flexibility index (Phi) is 10.8. The van der Waals surface area contributed by atoms with Crippen molar-refractivity contribution >= 4 is 17.6 Å². The van der Waals surface area contributed by atoms with Gasteiger partial charge in [-0.2, -0.15) is 0 Å². The molecule has 1 heterocycles. The summed E-state index contributed by atoms with van der Waals surface area (Å²) in [4.78, 5) is 11.9. The van der Waals surface area contributed by atoms with Crippen LogP contribution in [0.4, 0.5) is 0 Å². The van der Waals surface area contributed by atoms with Crippen LogP contribution in [0, 0.1) is 0 Å². The predicted molar refractivity (Wildman–Crippen MR) is 125 cm³/mol. The van der Waals surface area contributed by atoms with E-state index in [1.165, 1.54) is 13.1 Å². The third-order valence-electron chi connectivity index (χ3n) is 5.84. The Morgan fingerprint density at radius 1 is 1.07 bits per heavy atom. The van der Waals surface area contributed by atoms with E-state index in [0.29, 0.717) is 0 Å². The molecule has 1 fully saturated rings. The molecule has 0 amide bonds. The van der Waals surface area contributed by atoms with Crippen LogP contribution < -0.4 is 10.6 Å². The first-order chi connectivity index (χ1) is 14.1. The average Bonchev–Trinajstić information content (AvgIpc) is 2.76. The molecule has 0 saturated carbocycles. The van der Waals surface area contributed by atoms with Crippen molar-refractivity contribution < 1.29 is 0 Å². The van der Waals surface area contributed by atoms with Gasteiger partial charge in [-0.15, -0.1) is 0 Å². The van der Waals surface area contributed by atoms with Crippen molar-refractivity contribution in [3.63, 3.8) is 0 Å². The lowest BCUT2D eigenvalue weighted by Gasteiger charge is -2.34. The molecule has 1 aliphatic heterocycles. The molecular weight excluding hydrogens is 384 g/mol. The number of hydrogen-bond acceptors (Lipinski definition) is 4. The van der Waals surface area contributed by atoms with Crippen LogP contribution in [-0.4, -0.2) is 93.2 Å². The molecule has 164 valence electrons. The van der Waals surface area contributed by atoms with Gasteiger partial charge in [0.25, 0.3) is 0 Å². The Morgan fingerprint density at radius 2 is 1.72 bits per heavy atom. The molecule has 0 spiro atoms. The Labute approximate surface area is 182 Å². The zero-order valence-electron chi connectivity index (χ0n) is 18.6. The standard InChI is InChI=1S/C22H39ClN6/c1-5-27-14-16-28(17-15-27)13-12-25-22(24-4)26-18-21(29(6-2)7-3)19-10-8-9-11-20(19)23/h8-11,21H,5-7,12-18H2,1-4H3,(H2,24,25,26). The summed E-state index contributed by atoms with van der Waals surface area (Å²) in [7, 11) is 1.83. The number of guanidine groups is 1. The van der Waals surface area contributed by atoms with E-state index in [4.69, 9.17) is 11.6 Å². The molecule has 1 aliphatic rings. The first-order valence-electron chi connectivity index (χ1n) is 11.0. The van der Waals surface area contributed by atoms with Crippen molar-refractivity contribution in [1.82, 2.24) is 25.3 Å². The number of halogens is 1. The van der Waals surface area contributed by atoms with Crippen molar-refractivity contribution in [3.05, 3.63) is 34.9 Å². The second-order valence-corrected chi connectivity index (χ2v) is 7.82. The van der Waals surface area contributed by atoms with Gasteiger partial charge in [-0.3, -0.25) is 14.8 Å². The number of rotatable bonds is 10. The van der Waals surface area contributed by atoms with Gasteiger partial charge in [0.15, 0.2) is 5.96 Å². The van der Waals surface area contributed by atoms with E-state index in [1.807, 2.05) is 19.2 Å². The number of nitrogens with one attached hydrogen (secondary N) is 2.